The van der Waals surface area contributed by atoms with Crippen LogP contribution >= 0.6 is 0 Å². The Balaban J connectivity index is 2.00. The summed E-state index contributed by atoms with van der Waals surface area (Å²) in [5.41, 5.74) is 12.0. The maximum Gasteiger partial charge on any atom is 0.159 e. The first-order chi connectivity index (χ1) is 10.7. The first-order valence-electron chi connectivity index (χ1n) is 7.13. The van der Waals surface area contributed by atoms with E-state index in [-0.39, 0.29) is 0 Å². The molecule has 2 heterocycles. The van der Waals surface area contributed by atoms with Crippen LogP contribution < -0.4 is 5.73 Å². The topological polar surface area (TPSA) is 69.1 Å². The zero-order valence-electron chi connectivity index (χ0n) is 12.2. The zero-order valence-corrected chi connectivity index (χ0v) is 12.2. The van der Waals surface area contributed by atoms with Gasteiger partial charge in [0.05, 0.1) is 11.4 Å². The van der Waals surface area contributed by atoms with Crippen LogP contribution in [0.2, 0.25) is 0 Å². The summed E-state index contributed by atoms with van der Waals surface area (Å²) in [5, 5.41) is 8.18. The maximum absolute atomic E-state index is 6.15. The molecule has 2 aromatic carbocycles. The highest BCUT2D eigenvalue weighted by Gasteiger charge is 2.20. The lowest BCUT2D eigenvalue weighted by atomic mass is 9.98. The highest BCUT2D eigenvalue weighted by molar-refractivity contribution is 6.17. The van der Waals surface area contributed by atoms with Crippen LogP contribution in [0, 0.1) is 6.92 Å². The van der Waals surface area contributed by atoms with Crippen molar-refractivity contribution in [2.75, 3.05) is 5.73 Å². The number of nitrogens with zero attached hydrogens (tertiary/aromatic N) is 4. The molecule has 22 heavy (non-hydrogen) atoms. The number of para-hydroxylation sites is 1. The van der Waals surface area contributed by atoms with E-state index in [1.807, 2.05) is 28.8 Å². The van der Waals surface area contributed by atoms with E-state index in [0.717, 1.165) is 34.0 Å². The molecule has 5 heteroatoms. The van der Waals surface area contributed by atoms with Gasteiger partial charge in [-0.2, -0.15) is 0 Å². The second kappa shape index (κ2) is 4.80. The molecule has 1 aliphatic rings. The van der Waals surface area contributed by atoms with Crippen LogP contribution in [-0.2, 0) is 6.54 Å². The summed E-state index contributed by atoms with van der Waals surface area (Å²) in [7, 11) is 0. The molecule has 0 spiro atoms. The van der Waals surface area contributed by atoms with E-state index in [1.54, 1.807) is 6.33 Å². The Hall–Kier alpha value is -2.95. The van der Waals surface area contributed by atoms with Gasteiger partial charge in [0.25, 0.3) is 0 Å². The Labute approximate surface area is 128 Å². The van der Waals surface area contributed by atoms with Gasteiger partial charge >= 0.3 is 0 Å². The Morgan fingerprint density at radius 3 is 2.82 bits per heavy atom. The summed E-state index contributed by atoms with van der Waals surface area (Å²) in [4.78, 5) is 4.75. The first kappa shape index (κ1) is 12.8. The highest BCUT2D eigenvalue weighted by atomic mass is 15.3. The molecule has 0 unspecified atom stereocenters. The summed E-state index contributed by atoms with van der Waals surface area (Å²) >= 11 is 0. The molecule has 0 amide bonds. The van der Waals surface area contributed by atoms with Gasteiger partial charge in [-0.05, 0) is 24.6 Å². The molecule has 0 aliphatic carbocycles. The van der Waals surface area contributed by atoms with Gasteiger partial charge in [0.1, 0.15) is 12.9 Å². The number of nitrogen functional groups attached to an aromatic ring is 1. The van der Waals surface area contributed by atoms with E-state index in [1.165, 1.54) is 5.56 Å². The van der Waals surface area contributed by atoms with E-state index in [2.05, 4.69) is 35.3 Å². The largest absolute Gasteiger partial charge is 0.398 e. The molecule has 1 aromatic heterocycles. The van der Waals surface area contributed by atoms with Crippen molar-refractivity contribution in [1.82, 2.24) is 14.8 Å². The number of fused-ring (bicyclic) bond motifs is 3. The molecule has 0 bridgehead atoms. The van der Waals surface area contributed by atoms with Crippen LogP contribution in [0.25, 0.3) is 5.69 Å². The summed E-state index contributed by atoms with van der Waals surface area (Å²) in [5.74, 6) is 0.830. The number of hydrogen-bond acceptors (Lipinski definition) is 4. The maximum atomic E-state index is 6.15. The molecule has 2 N–H and O–H groups in total. The molecular weight excluding hydrogens is 274 g/mol. The van der Waals surface area contributed by atoms with Gasteiger partial charge in [0, 0.05) is 16.8 Å². The lowest BCUT2D eigenvalue weighted by molar-refractivity contribution is 0.870. The van der Waals surface area contributed by atoms with Gasteiger partial charge in [0.15, 0.2) is 5.82 Å². The average Bonchev–Trinajstić information content (AvgIpc) is 2.93. The van der Waals surface area contributed by atoms with Crippen LogP contribution in [0.1, 0.15) is 22.5 Å². The van der Waals surface area contributed by atoms with Crippen LogP contribution in [0.15, 0.2) is 53.8 Å². The molecule has 0 saturated carbocycles. The highest BCUT2D eigenvalue weighted by Crippen LogP contribution is 2.27. The van der Waals surface area contributed by atoms with Crippen molar-refractivity contribution in [2.45, 2.75) is 13.5 Å². The molecule has 0 atom stereocenters. The summed E-state index contributed by atoms with van der Waals surface area (Å²) in [6.45, 7) is 2.56. The van der Waals surface area contributed by atoms with Crippen LogP contribution in [0.5, 0.6) is 0 Å². The Bertz CT molecular complexity index is 892. The van der Waals surface area contributed by atoms with Gasteiger partial charge in [-0.1, -0.05) is 30.3 Å². The van der Waals surface area contributed by atoms with Gasteiger partial charge in [-0.3, -0.25) is 9.56 Å². The van der Waals surface area contributed by atoms with Gasteiger partial charge in [-0.15, -0.1) is 10.2 Å². The minimum atomic E-state index is 0.484. The lowest BCUT2D eigenvalue weighted by Gasteiger charge is -2.13. The molecule has 3 aromatic rings. The van der Waals surface area contributed by atoms with E-state index in [4.69, 9.17) is 10.7 Å². The predicted molar refractivity (Wildman–Crippen MR) is 86.3 cm³/mol. The minimum Gasteiger partial charge on any atom is -0.398 e. The number of nitrogens with two attached hydrogens (primary N) is 1. The molecule has 0 radical (unpaired) electrons. The minimum absolute atomic E-state index is 0.484. The third-order valence-corrected chi connectivity index (χ3v) is 3.88. The predicted octanol–water partition coefficient (Wildman–Crippen LogP) is 2.51. The van der Waals surface area contributed by atoms with Crippen LogP contribution in [-0.4, -0.2) is 20.5 Å². The van der Waals surface area contributed by atoms with E-state index in [9.17, 15) is 0 Å². The summed E-state index contributed by atoms with van der Waals surface area (Å²) in [6, 6.07) is 14.1. The summed E-state index contributed by atoms with van der Waals surface area (Å²) in [6.07, 6.45) is 1.74. The van der Waals surface area contributed by atoms with Gasteiger partial charge < -0.3 is 5.73 Å². The summed E-state index contributed by atoms with van der Waals surface area (Å²) < 4.78 is 2.00. The fourth-order valence-electron chi connectivity index (χ4n) is 2.79. The Morgan fingerprint density at radius 2 is 1.95 bits per heavy atom. The number of benzene rings is 2. The Morgan fingerprint density at radius 1 is 1.09 bits per heavy atom. The van der Waals surface area contributed by atoms with Gasteiger partial charge in [-0.25, -0.2) is 0 Å². The monoisotopic (exact) mass is 289 g/mol. The molecule has 0 fully saturated rings. The third-order valence-electron chi connectivity index (χ3n) is 3.88. The van der Waals surface area contributed by atoms with Crippen molar-refractivity contribution < 1.29 is 0 Å². The third kappa shape index (κ3) is 1.90. The molecule has 4 rings (SSSR count). The van der Waals surface area contributed by atoms with Crippen molar-refractivity contribution in [2.24, 2.45) is 4.99 Å². The molecule has 1 aliphatic heterocycles. The van der Waals surface area contributed by atoms with Crippen LogP contribution in [0.4, 0.5) is 5.69 Å². The number of aliphatic imine (C=N–C) groups is 1. The smallest absolute Gasteiger partial charge is 0.159 e. The quantitative estimate of drug-likeness (QED) is 0.700. The number of anilines is 1. The van der Waals surface area contributed by atoms with E-state index < -0.39 is 0 Å². The van der Waals surface area contributed by atoms with Crippen molar-refractivity contribution in [3.63, 3.8) is 0 Å². The average molecular weight is 289 g/mol. The first-order valence-corrected chi connectivity index (χ1v) is 7.13. The van der Waals surface area contributed by atoms with Crippen molar-refractivity contribution in [3.8, 4) is 5.69 Å². The number of rotatable bonds is 1. The molecule has 0 saturated heterocycles. The molecule has 108 valence electrons. The number of hydrogen-bond donors (Lipinski definition) is 1. The zero-order chi connectivity index (χ0) is 15.1. The fraction of sp³-hybridized carbons (Fsp3) is 0.118. The standard InChI is InChI=1S/C17H15N5/c1-11-6-7-13-15(8-11)22-10-20-21-16(22)9-19-17(13)12-4-2-3-5-14(12)18/h2-8,10H,9,18H2,1H3. The second-order valence-electron chi connectivity index (χ2n) is 5.39. The molecule has 5 nitrogen and oxygen atoms in total. The fourth-order valence-corrected chi connectivity index (χ4v) is 2.79. The number of aryl methyl sites for hydroxylation is 1. The lowest BCUT2D eigenvalue weighted by Crippen LogP contribution is -2.09. The normalized spacial score (nSPS) is 13.0. The van der Waals surface area contributed by atoms with E-state index >= 15 is 0 Å². The van der Waals surface area contributed by atoms with Gasteiger partial charge in [0.2, 0.25) is 0 Å². The van der Waals surface area contributed by atoms with Crippen molar-refractivity contribution in [1.29, 1.82) is 0 Å². The van der Waals surface area contributed by atoms with E-state index in [0.29, 0.717) is 6.54 Å². The second-order valence-corrected chi connectivity index (χ2v) is 5.39. The Kier molecular flexibility index (Phi) is 2.79. The van der Waals surface area contributed by atoms with Crippen molar-refractivity contribution in [3.05, 3.63) is 71.3 Å². The SMILES string of the molecule is Cc1ccc2c(c1)-n1cnnc1CN=C2c1ccccc1N. The molecular formula is C17H15N5. The van der Waals surface area contributed by atoms with Crippen LogP contribution in [0.3, 0.4) is 0 Å². The van der Waals surface area contributed by atoms with Crippen molar-refractivity contribution >= 4 is 11.4 Å². The number of aromatic nitrogens is 3.